The number of nitrogens with zero attached hydrogens (tertiary/aromatic N) is 2. The summed E-state index contributed by atoms with van der Waals surface area (Å²) in [5.74, 6) is -0.458. The van der Waals surface area contributed by atoms with Crippen molar-refractivity contribution >= 4 is 17.4 Å². The van der Waals surface area contributed by atoms with Crippen LogP contribution in [-0.4, -0.2) is 29.2 Å². The summed E-state index contributed by atoms with van der Waals surface area (Å²) in [5, 5.41) is 12.0. The van der Waals surface area contributed by atoms with Crippen molar-refractivity contribution in [3.8, 4) is 6.07 Å². The highest BCUT2D eigenvalue weighted by molar-refractivity contribution is 6.06. The van der Waals surface area contributed by atoms with Crippen molar-refractivity contribution in [2.24, 2.45) is 0 Å². The second-order valence-corrected chi connectivity index (χ2v) is 5.82. The molecule has 23 heavy (non-hydrogen) atoms. The van der Waals surface area contributed by atoms with Gasteiger partial charge in [0.1, 0.15) is 11.6 Å². The fourth-order valence-corrected chi connectivity index (χ4v) is 2.60. The molecule has 0 aliphatic carbocycles. The number of Topliss-reactive ketones (excluding diaryl/α,β-unsaturated/α-hetero) is 1. The summed E-state index contributed by atoms with van der Waals surface area (Å²) in [4.78, 5) is 25.5. The predicted molar refractivity (Wildman–Crippen MR) is 88.8 cm³/mol. The zero-order valence-electron chi connectivity index (χ0n) is 13.5. The number of carbonyl (C=O) groups is 2. The number of rotatable bonds is 4. The quantitative estimate of drug-likeness (QED) is 0.527. The number of nitrogens with one attached hydrogen (secondary N) is 1. The molecule has 5 nitrogen and oxygen atoms in total. The Kier molecular flexibility index (Phi) is 5.53. The molecule has 1 atom stereocenters. The Morgan fingerprint density at radius 1 is 1.30 bits per heavy atom. The first-order valence-electron chi connectivity index (χ1n) is 7.81. The Balaban J connectivity index is 2.08. The van der Waals surface area contributed by atoms with Gasteiger partial charge in [-0.3, -0.25) is 9.59 Å². The van der Waals surface area contributed by atoms with Gasteiger partial charge in [-0.25, -0.2) is 0 Å². The number of amides is 1. The van der Waals surface area contributed by atoms with Crippen molar-refractivity contribution in [2.45, 2.75) is 39.2 Å². The lowest BCUT2D eigenvalue weighted by Crippen LogP contribution is -2.34. The summed E-state index contributed by atoms with van der Waals surface area (Å²) >= 11 is 0. The van der Waals surface area contributed by atoms with E-state index in [1.807, 2.05) is 6.07 Å². The average molecular weight is 311 g/mol. The topological polar surface area (TPSA) is 73.2 Å². The highest BCUT2D eigenvalue weighted by atomic mass is 16.1. The maximum Gasteiger partial charge on any atom is 0.267 e. The highest BCUT2D eigenvalue weighted by Gasteiger charge is 2.18. The van der Waals surface area contributed by atoms with E-state index >= 15 is 0 Å². The zero-order chi connectivity index (χ0) is 16.8. The Bertz CT molecular complexity index is 656. The molecule has 1 aliphatic rings. The van der Waals surface area contributed by atoms with Gasteiger partial charge in [-0.05, 0) is 57.4 Å². The van der Waals surface area contributed by atoms with Gasteiger partial charge in [0.05, 0.1) is 0 Å². The zero-order valence-corrected chi connectivity index (χ0v) is 13.5. The van der Waals surface area contributed by atoms with Crippen LogP contribution in [0.1, 0.15) is 43.5 Å². The molecule has 1 saturated heterocycles. The summed E-state index contributed by atoms with van der Waals surface area (Å²) < 4.78 is 0. The van der Waals surface area contributed by atoms with E-state index in [-0.39, 0.29) is 11.4 Å². The molecular formula is C18H21N3O2. The molecule has 2 rings (SSSR count). The molecule has 0 bridgehead atoms. The van der Waals surface area contributed by atoms with Gasteiger partial charge >= 0.3 is 0 Å². The first-order chi connectivity index (χ1) is 11.0. The number of piperidine rings is 1. The minimum Gasteiger partial charge on any atom is -0.373 e. The third-order valence-corrected chi connectivity index (χ3v) is 4.06. The lowest BCUT2D eigenvalue weighted by molar-refractivity contribution is -0.112. The van der Waals surface area contributed by atoms with Gasteiger partial charge in [0, 0.05) is 30.0 Å². The van der Waals surface area contributed by atoms with Crippen molar-refractivity contribution in [1.29, 1.82) is 5.26 Å². The van der Waals surface area contributed by atoms with Crippen molar-refractivity contribution < 1.29 is 9.59 Å². The standard InChI is InChI=1S/C18H21N3O2/c1-13-5-3-4-10-21(13)12-16(11-19)18(23)20-17-8-6-15(7-9-17)14(2)22/h6-9,12-13H,3-5,10H2,1-2H3,(H,20,23)/b16-12-. The SMILES string of the molecule is CC(=O)c1ccc(NC(=O)/C(C#N)=C\N2CCCCC2C)cc1. The first-order valence-corrected chi connectivity index (χ1v) is 7.81. The van der Waals surface area contributed by atoms with Gasteiger partial charge in [0.15, 0.2) is 5.78 Å². The van der Waals surface area contributed by atoms with Crippen LogP contribution >= 0.6 is 0 Å². The average Bonchev–Trinajstić information content (AvgIpc) is 2.54. The van der Waals surface area contributed by atoms with Crippen LogP contribution in [0, 0.1) is 11.3 Å². The maximum atomic E-state index is 12.2. The van der Waals surface area contributed by atoms with E-state index in [2.05, 4.69) is 17.1 Å². The monoisotopic (exact) mass is 311 g/mol. The van der Waals surface area contributed by atoms with Crippen LogP contribution in [0.25, 0.3) is 0 Å². The molecule has 1 aromatic carbocycles. The second kappa shape index (κ2) is 7.59. The Morgan fingerprint density at radius 2 is 2.00 bits per heavy atom. The molecule has 1 unspecified atom stereocenters. The van der Waals surface area contributed by atoms with Gasteiger partial charge < -0.3 is 10.2 Å². The van der Waals surface area contributed by atoms with Crippen LogP contribution in [0.4, 0.5) is 5.69 Å². The molecular weight excluding hydrogens is 290 g/mol. The third kappa shape index (κ3) is 4.43. The van der Waals surface area contributed by atoms with Gasteiger partial charge in [-0.2, -0.15) is 5.26 Å². The number of hydrogen-bond donors (Lipinski definition) is 1. The van der Waals surface area contributed by atoms with E-state index < -0.39 is 5.91 Å². The van der Waals surface area contributed by atoms with Gasteiger partial charge in [-0.15, -0.1) is 0 Å². The number of hydrogen-bond acceptors (Lipinski definition) is 4. The lowest BCUT2D eigenvalue weighted by atomic mass is 10.0. The first kappa shape index (κ1) is 16.8. The number of ketones is 1. The van der Waals surface area contributed by atoms with Crippen LogP contribution < -0.4 is 5.32 Å². The minimum atomic E-state index is -0.430. The number of nitriles is 1. The number of carbonyl (C=O) groups excluding carboxylic acids is 2. The number of likely N-dealkylation sites (tertiary alicyclic amines) is 1. The van der Waals surface area contributed by atoms with Crippen LogP contribution in [0.5, 0.6) is 0 Å². The summed E-state index contributed by atoms with van der Waals surface area (Å²) in [7, 11) is 0. The van der Waals surface area contributed by atoms with Crippen LogP contribution in [-0.2, 0) is 4.79 Å². The van der Waals surface area contributed by atoms with Crippen LogP contribution in [0.15, 0.2) is 36.0 Å². The van der Waals surface area contributed by atoms with Crippen molar-refractivity contribution in [3.63, 3.8) is 0 Å². The highest BCUT2D eigenvalue weighted by Crippen LogP contribution is 2.18. The third-order valence-electron chi connectivity index (χ3n) is 4.06. The van der Waals surface area contributed by atoms with E-state index in [0.29, 0.717) is 17.3 Å². The molecule has 1 aromatic rings. The molecule has 1 N–H and O–H groups in total. The van der Waals surface area contributed by atoms with Crippen LogP contribution in [0.2, 0.25) is 0 Å². The normalized spacial score (nSPS) is 18.2. The van der Waals surface area contributed by atoms with Gasteiger partial charge in [0.25, 0.3) is 5.91 Å². The smallest absolute Gasteiger partial charge is 0.267 e. The number of anilines is 1. The minimum absolute atomic E-state index is 0.0282. The second-order valence-electron chi connectivity index (χ2n) is 5.82. The van der Waals surface area contributed by atoms with Crippen molar-refractivity contribution in [2.75, 3.05) is 11.9 Å². The van der Waals surface area contributed by atoms with E-state index in [4.69, 9.17) is 0 Å². The largest absolute Gasteiger partial charge is 0.373 e. The molecule has 0 spiro atoms. The van der Waals surface area contributed by atoms with E-state index in [1.165, 1.54) is 13.3 Å². The van der Waals surface area contributed by atoms with Crippen molar-refractivity contribution in [1.82, 2.24) is 4.90 Å². The Morgan fingerprint density at radius 3 is 2.57 bits per heavy atom. The van der Waals surface area contributed by atoms with E-state index in [9.17, 15) is 14.9 Å². The molecule has 0 aromatic heterocycles. The molecule has 1 heterocycles. The fraction of sp³-hybridized carbons (Fsp3) is 0.389. The lowest BCUT2D eigenvalue weighted by Gasteiger charge is -2.32. The summed E-state index contributed by atoms with van der Waals surface area (Å²) in [5.41, 5.74) is 1.24. The summed E-state index contributed by atoms with van der Waals surface area (Å²) in [6, 6.07) is 8.94. The molecule has 0 saturated carbocycles. The van der Waals surface area contributed by atoms with E-state index in [0.717, 1.165) is 19.4 Å². The predicted octanol–water partition coefficient (Wildman–Crippen LogP) is 3.11. The molecule has 1 aliphatic heterocycles. The Hall–Kier alpha value is -2.61. The summed E-state index contributed by atoms with van der Waals surface area (Å²) in [6.07, 6.45) is 4.99. The molecule has 1 fully saturated rings. The van der Waals surface area contributed by atoms with Gasteiger partial charge in [0.2, 0.25) is 0 Å². The number of benzene rings is 1. The molecule has 1 amide bonds. The summed E-state index contributed by atoms with van der Waals surface area (Å²) in [6.45, 7) is 4.46. The maximum absolute atomic E-state index is 12.2. The molecule has 5 heteroatoms. The van der Waals surface area contributed by atoms with Crippen LogP contribution in [0.3, 0.4) is 0 Å². The molecule has 120 valence electrons. The van der Waals surface area contributed by atoms with Crippen molar-refractivity contribution in [3.05, 3.63) is 41.6 Å². The van der Waals surface area contributed by atoms with E-state index in [1.54, 1.807) is 30.5 Å². The van der Waals surface area contributed by atoms with Gasteiger partial charge in [-0.1, -0.05) is 0 Å². The fourth-order valence-electron chi connectivity index (χ4n) is 2.60. The molecule has 0 radical (unpaired) electrons. The Labute approximate surface area is 136 Å².